The molecule has 1 aromatic carbocycles. The third kappa shape index (κ3) is 3.80. The molecule has 122 valence electrons. The third-order valence-electron chi connectivity index (χ3n) is 3.34. The van der Waals surface area contributed by atoms with Gasteiger partial charge in [0, 0.05) is 27.1 Å². The van der Waals surface area contributed by atoms with Crippen LogP contribution in [0.1, 0.15) is 16.1 Å². The molecule has 2 aromatic heterocycles. The van der Waals surface area contributed by atoms with E-state index in [9.17, 15) is 4.79 Å². The molecule has 2 heterocycles. The van der Waals surface area contributed by atoms with Crippen molar-refractivity contribution in [3.05, 3.63) is 64.0 Å². The van der Waals surface area contributed by atoms with E-state index in [4.69, 9.17) is 27.9 Å². The summed E-state index contributed by atoms with van der Waals surface area (Å²) in [5.41, 5.74) is 1.59. The van der Waals surface area contributed by atoms with Crippen molar-refractivity contribution in [2.24, 2.45) is 0 Å². The summed E-state index contributed by atoms with van der Waals surface area (Å²) in [6, 6.07) is 10.9. The van der Waals surface area contributed by atoms with Crippen LogP contribution in [0.15, 0.2) is 47.5 Å². The molecule has 24 heavy (non-hydrogen) atoms. The molecule has 7 heteroatoms. The van der Waals surface area contributed by atoms with Crippen molar-refractivity contribution in [3.63, 3.8) is 0 Å². The molecule has 0 amide bonds. The number of hydrogen-bond acceptors (Lipinski definition) is 5. The van der Waals surface area contributed by atoms with Gasteiger partial charge in [0.05, 0.1) is 5.52 Å². The number of ether oxygens (including phenoxy) is 1. The van der Waals surface area contributed by atoms with Gasteiger partial charge in [-0.3, -0.25) is 0 Å². The van der Waals surface area contributed by atoms with Crippen LogP contribution in [-0.2, 0) is 11.3 Å². The first-order valence-electron chi connectivity index (χ1n) is 6.98. The van der Waals surface area contributed by atoms with Crippen LogP contribution in [0.3, 0.4) is 0 Å². The second-order valence-electron chi connectivity index (χ2n) is 4.93. The maximum Gasteiger partial charge on any atom is 0.357 e. The third-order valence-corrected chi connectivity index (χ3v) is 4.63. The van der Waals surface area contributed by atoms with Crippen molar-refractivity contribution < 1.29 is 9.53 Å². The van der Waals surface area contributed by atoms with Crippen LogP contribution in [-0.4, -0.2) is 22.2 Å². The number of aromatic nitrogens is 2. The monoisotopic (exact) mass is 378 g/mol. The smallest absolute Gasteiger partial charge is 0.357 e. The van der Waals surface area contributed by atoms with Gasteiger partial charge in [-0.05, 0) is 36.6 Å². The molecule has 0 bridgehead atoms. The van der Waals surface area contributed by atoms with Gasteiger partial charge >= 0.3 is 5.97 Å². The summed E-state index contributed by atoms with van der Waals surface area (Å²) in [7, 11) is 0. The summed E-state index contributed by atoms with van der Waals surface area (Å²) in [5.74, 6) is -0.564. The van der Waals surface area contributed by atoms with Crippen molar-refractivity contribution >= 4 is 51.8 Å². The van der Waals surface area contributed by atoms with Gasteiger partial charge < -0.3 is 4.74 Å². The van der Waals surface area contributed by atoms with Gasteiger partial charge in [-0.2, -0.15) is 0 Å². The Kier molecular flexibility index (Phi) is 5.23. The van der Waals surface area contributed by atoms with Crippen LogP contribution >= 0.6 is 35.0 Å². The fourth-order valence-corrected chi connectivity index (χ4v) is 2.92. The van der Waals surface area contributed by atoms with Crippen LogP contribution in [0.25, 0.3) is 10.9 Å². The van der Waals surface area contributed by atoms with Gasteiger partial charge in [-0.25, -0.2) is 14.8 Å². The van der Waals surface area contributed by atoms with Crippen LogP contribution in [0, 0.1) is 0 Å². The Labute approximate surface area is 153 Å². The van der Waals surface area contributed by atoms with Gasteiger partial charge in [0.1, 0.15) is 17.5 Å². The van der Waals surface area contributed by atoms with Gasteiger partial charge in [-0.15, -0.1) is 11.8 Å². The van der Waals surface area contributed by atoms with E-state index in [-0.39, 0.29) is 12.3 Å². The minimum Gasteiger partial charge on any atom is -0.456 e. The lowest BCUT2D eigenvalue weighted by atomic mass is 10.2. The molecule has 0 spiro atoms. The molecule has 0 aliphatic rings. The average Bonchev–Trinajstić information content (AvgIpc) is 2.59. The van der Waals surface area contributed by atoms with Gasteiger partial charge in [0.25, 0.3) is 0 Å². The Hall–Kier alpha value is -1.82. The number of carbonyl (C=O) groups excluding carboxylic acids is 1. The van der Waals surface area contributed by atoms with Crippen molar-refractivity contribution in [3.8, 4) is 0 Å². The maximum atomic E-state index is 12.0. The van der Waals surface area contributed by atoms with E-state index in [1.165, 1.54) is 12.3 Å². The number of esters is 1. The first-order valence-corrected chi connectivity index (χ1v) is 8.97. The molecule has 0 saturated heterocycles. The average molecular weight is 379 g/mol. The van der Waals surface area contributed by atoms with Crippen LogP contribution < -0.4 is 0 Å². The van der Waals surface area contributed by atoms with E-state index in [1.807, 2.05) is 30.5 Å². The molecule has 0 atom stereocenters. The minimum absolute atomic E-state index is 0.0130. The Balaban J connectivity index is 1.80. The predicted molar refractivity (Wildman–Crippen MR) is 96.9 cm³/mol. The van der Waals surface area contributed by atoms with Crippen LogP contribution in [0.4, 0.5) is 0 Å². The SMILES string of the molecule is CSc1ccc2cc(COC(=O)c3cc(Cl)ccn3)c(Cl)nc2c1. The molecule has 0 radical (unpaired) electrons. The van der Waals surface area contributed by atoms with E-state index in [0.29, 0.717) is 15.7 Å². The molecular weight excluding hydrogens is 367 g/mol. The van der Waals surface area contributed by atoms with E-state index in [0.717, 1.165) is 15.8 Å². The zero-order valence-electron chi connectivity index (χ0n) is 12.6. The largest absolute Gasteiger partial charge is 0.456 e. The Morgan fingerprint density at radius 3 is 2.79 bits per heavy atom. The quantitative estimate of drug-likeness (QED) is 0.362. The fraction of sp³-hybridized carbons (Fsp3) is 0.118. The van der Waals surface area contributed by atoms with Gasteiger partial charge in [-0.1, -0.05) is 29.3 Å². The van der Waals surface area contributed by atoms with Crippen molar-refractivity contribution in [2.45, 2.75) is 11.5 Å². The standard InChI is InChI=1S/C17H12Cl2N2O2S/c1-24-13-3-2-10-6-11(16(19)21-14(10)8-13)9-23-17(22)15-7-12(18)4-5-20-15/h2-8H,9H2,1H3. The normalized spacial score (nSPS) is 10.8. The van der Waals surface area contributed by atoms with Crippen LogP contribution in [0.2, 0.25) is 10.2 Å². The molecule has 0 fully saturated rings. The number of rotatable bonds is 4. The lowest BCUT2D eigenvalue weighted by Crippen LogP contribution is -2.07. The summed E-state index contributed by atoms with van der Waals surface area (Å²) in [5, 5.41) is 1.67. The maximum absolute atomic E-state index is 12.0. The molecule has 4 nitrogen and oxygen atoms in total. The number of thioether (sulfide) groups is 1. The number of halogens is 2. The van der Waals surface area contributed by atoms with E-state index in [1.54, 1.807) is 17.8 Å². The number of benzene rings is 1. The summed E-state index contributed by atoms with van der Waals surface area (Å²) in [6.07, 6.45) is 3.45. The molecule has 0 saturated carbocycles. The molecule has 0 aliphatic carbocycles. The number of nitrogens with zero attached hydrogens (tertiary/aromatic N) is 2. The summed E-state index contributed by atoms with van der Waals surface area (Å²) < 4.78 is 5.26. The Morgan fingerprint density at radius 1 is 1.21 bits per heavy atom. The number of fused-ring (bicyclic) bond motifs is 1. The van der Waals surface area contributed by atoms with Crippen molar-refractivity contribution in [1.82, 2.24) is 9.97 Å². The van der Waals surface area contributed by atoms with Crippen LogP contribution in [0.5, 0.6) is 0 Å². The molecule has 3 aromatic rings. The minimum atomic E-state index is -0.564. The highest BCUT2D eigenvalue weighted by atomic mass is 35.5. The highest BCUT2D eigenvalue weighted by molar-refractivity contribution is 7.98. The summed E-state index contributed by atoms with van der Waals surface area (Å²) in [6.45, 7) is 0.0130. The zero-order valence-corrected chi connectivity index (χ0v) is 15.0. The lowest BCUT2D eigenvalue weighted by Gasteiger charge is -2.08. The fourth-order valence-electron chi connectivity index (χ4n) is 2.13. The molecule has 0 aliphatic heterocycles. The number of hydrogen-bond donors (Lipinski definition) is 0. The van der Waals surface area contributed by atoms with Gasteiger partial charge in [0.2, 0.25) is 0 Å². The zero-order chi connectivity index (χ0) is 17.1. The second-order valence-corrected chi connectivity index (χ2v) is 6.61. The van der Waals surface area contributed by atoms with Gasteiger partial charge in [0.15, 0.2) is 0 Å². The topological polar surface area (TPSA) is 52.1 Å². The number of carbonyl (C=O) groups is 1. The first-order chi connectivity index (χ1) is 11.6. The Bertz CT molecular complexity index is 918. The summed E-state index contributed by atoms with van der Waals surface area (Å²) in [4.78, 5) is 21.4. The molecule has 0 unspecified atom stereocenters. The van der Waals surface area contributed by atoms with Crippen molar-refractivity contribution in [1.29, 1.82) is 0 Å². The highest BCUT2D eigenvalue weighted by Gasteiger charge is 2.12. The van der Waals surface area contributed by atoms with E-state index in [2.05, 4.69) is 9.97 Å². The van der Waals surface area contributed by atoms with E-state index >= 15 is 0 Å². The second kappa shape index (κ2) is 7.38. The van der Waals surface area contributed by atoms with Crippen molar-refractivity contribution in [2.75, 3.05) is 6.26 Å². The molecule has 0 N–H and O–H groups in total. The highest BCUT2D eigenvalue weighted by Crippen LogP contribution is 2.25. The lowest BCUT2D eigenvalue weighted by molar-refractivity contribution is 0.0465. The molecule has 3 rings (SSSR count). The summed E-state index contributed by atoms with van der Waals surface area (Å²) >= 11 is 13.7. The predicted octanol–water partition coefficient (Wildman–Crippen LogP) is 5.02. The first kappa shape index (κ1) is 17.0. The molecular formula is C17H12Cl2N2O2S. The number of pyridine rings is 2. The van der Waals surface area contributed by atoms with E-state index < -0.39 is 5.97 Å². The Morgan fingerprint density at radius 2 is 2.04 bits per heavy atom.